The summed E-state index contributed by atoms with van der Waals surface area (Å²) in [6.45, 7) is 3.87. The second-order valence-electron chi connectivity index (χ2n) is 19.7. The Morgan fingerprint density at radius 3 is 0.875 bits per heavy atom. The summed E-state index contributed by atoms with van der Waals surface area (Å²) in [6, 6.07) is 0. The molecule has 0 heterocycles. The summed E-state index contributed by atoms with van der Waals surface area (Å²) in [5, 5.41) is 9.64. The van der Waals surface area contributed by atoms with Crippen molar-refractivity contribution < 1.29 is 24.2 Å². The zero-order valence-corrected chi connectivity index (χ0v) is 46.9. The third-order valence-corrected chi connectivity index (χ3v) is 12.8. The van der Waals surface area contributed by atoms with Crippen LogP contribution in [-0.2, 0) is 19.1 Å². The van der Waals surface area contributed by atoms with Gasteiger partial charge in [-0.25, -0.2) is 0 Å². The van der Waals surface area contributed by atoms with E-state index in [2.05, 4.69) is 135 Å². The Kier molecular flexibility index (Phi) is 58.4. The van der Waals surface area contributed by atoms with E-state index < -0.39 is 6.10 Å². The molecule has 1 N–H and O–H groups in total. The number of allylic oxidation sites excluding steroid dienone is 20. The van der Waals surface area contributed by atoms with Crippen LogP contribution < -0.4 is 0 Å². The predicted molar refractivity (Wildman–Crippen MR) is 315 cm³/mol. The molecule has 0 aliphatic rings. The quantitative estimate of drug-likeness (QED) is 0.0373. The SMILES string of the molecule is CC/C=C\C/C=C\C/C=C\C/C=C\C/C=C\CCCCCCCCCCCCCCCCCCCCCCCCCCCC(=O)OC(CO)COC(=O)CCC/C=C\C/C=C\C/C=C\C/C=C\C/C=C\CC. The first kappa shape index (κ1) is 68.3. The van der Waals surface area contributed by atoms with Crippen molar-refractivity contribution >= 4 is 11.9 Å². The van der Waals surface area contributed by atoms with E-state index >= 15 is 0 Å². The van der Waals surface area contributed by atoms with Crippen molar-refractivity contribution in [1.82, 2.24) is 0 Å². The lowest BCUT2D eigenvalue weighted by atomic mass is 10.0. The lowest BCUT2D eigenvalue weighted by Gasteiger charge is -2.15. The van der Waals surface area contributed by atoms with Gasteiger partial charge in [-0.1, -0.05) is 283 Å². The number of unbranched alkanes of at least 4 members (excludes halogenated alkanes) is 26. The van der Waals surface area contributed by atoms with Gasteiger partial charge in [0.1, 0.15) is 6.61 Å². The number of carbonyl (C=O) groups excluding carboxylic acids is 2. The Morgan fingerprint density at radius 2 is 0.569 bits per heavy atom. The Balaban J connectivity index is 3.45. The first-order chi connectivity index (χ1) is 35.6. The van der Waals surface area contributed by atoms with Gasteiger partial charge < -0.3 is 14.6 Å². The van der Waals surface area contributed by atoms with Gasteiger partial charge in [0.25, 0.3) is 0 Å². The molecular weight excluding hydrogens is 885 g/mol. The van der Waals surface area contributed by atoms with Crippen molar-refractivity contribution in [2.24, 2.45) is 0 Å². The van der Waals surface area contributed by atoms with Crippen molar-refractivity contribution in [3.05, 3.63) is 122 Å². The lowest BCUT2D eigenvalue weighted by molar-refractivity contribution is -0.161. The van der Waals surface area contributed by atoms with E-state index in [9.17, 15) is 14.7 Å². The van der Waals surface area contributed by atoms with E-state index in [1.165, 1.54) is 148 Å². The fourth-order valence-corrected chi connectivity index (χ4v) is 8.33. The van der Waals surface area contributed by atoms with Crippen LogP contribution >= 0.6 is 0 Å². The van der Waals surface area contributed by atoms with Gasteiger partial charge in [0.2, 0.25) is 0 Å². The molecule has 0 spiro atoms. The van der Waals surface area contributed by atoms with E-state index in [0.29, 0.717) is 19.3 Å². The molecule has 0 aliphatic heterocycles. The highest BCUT2D eigenvalue weighted by molar-refractivity contribution is 5.70. The van der Waals surface area contributed by atoms with E-state index in [-0.39, 0.29) is 25.2 Å². The molecule has 1 unspecified atom stereocenters. The Labute approximate surface area is 445 Å². The summed E-state index contributed by atoms with van der Waals surface area (Å²) in [7, 11) is 0. The Bertz CT molecular complexity index is 1450. The molecule has 410 valence electrons. The number of aliphatic hydroxyl groups excluding tert-OH is 1. The lowest BCUT2D eigenvalue weighted by Crippen LogP contribution is -2.28. The van der Waals surface area contributed by atoms with Gasteiger partial charge >= 0.3 is 11.9 Å². The van der Waals surface area contributed by atoms with E-state index in [1.54, 1.807) is 0 Å². The van der Waals surface area contributed by atoms with Gasteiger partial charge in [-0.15, -0.1) is 0 Å². The van der Waals surface area contributed by atoms with Gasteiger partial charge in [-0.3, -0.25) is 9.59 Å². The van der Waals surface area contributed by atoms with Crippen LogP contribution in [0.15, 0.2) is 122 Å². The Hall–Kier alpha value is -3.70. The summed E-state index contributed by atoms with van der Waals surface area (Å²) >= 11 is 0. The zero-order valence-electron chi connectivity index (χ0n) is 46.9. The molecule has 0 aromatic heterocycles. The first-order valence-corrected chi connectivity index (χ1v) is 30.1. The number of aliphatic hydroxyl groups is 1. The van der Waals surface area contributed by atoms with Crippen molar-refractivity contribution in [3.63, 3.8) is 0 Å². The third-order valence-electron chi connectivity index (χ3n) is 12.8. The molecule has 0 saturated heterocycles. The fraction of sp³-hybridized carbons (Fsp3) is 0.672. The monoisotopic (exact) mass is 997 g/mol. The van der Waals surface area contributed by atoms with Gasteiger partial charge in [0.15, 0.2) is 6.10 Å². The summed E-state index contributed by atoms with van der Waals surface area (Å²) in [6.07, 6.45) is 90.7. The molecule has 0 aliphatic carbocycles. The second-order valence-corrected chi connectivity index (χ2v) is 19.7. The number of hydrogen-bond donors (Lipinski definition) is 1. The van der Waals surface area contributed by atoms with Crippen molar-refractivity contribution in [1.29, 1.82) is 0 Å². The molecule has 0 radical (unpaired) electrons. The number of carbonyl (C=O) groups is 2. The first-order valence-electron chi connectivity index (χ1n) is 30.1. The average Bonchev–Trinajstić information content (AvgIpc) is 3.38. The predicted octanol–water partition coefficient (Wildman–Crippen LogP) is 20.6. The van der Waals surface area contributed by atoms with E-state index in [4.69, 9.17) is 9.47 Å². The van der Waals surface area contributed by atoms with Crippen LogP contribution in [-0.4, -0.2) is 36.4 Å². The van der Waals surface area contributed by atoms with Crippen LogP contribution in [0.5, 0.6) is 0 Å². The fourth-order valence-electron chi connectivity index (χ4n) is 8.33. The van der Waals surface area contributed by atoms with Crippen molar-refractivity contribution in [2.75, 3.05) is 13.2 Å². The molecule has 1 atom stereocenters. The van der Waals surface area contributed by atoms with E-state index in [0.717, 1.165) is 89.9 Å². The van der Waals surface area contributed by atoms with Crippen LogP contribution in [0.2, 0.25) is 0 Å². The maximum absolute atomic E-state index is 12.3. The molecule has 5 nitrogen and oxygen atoms in total. The van der Waals surface area contributed by atoms with Crippen molar-refractivity contribution in [2.45, 2.75) is 277 Å². The molecular formula is C67H112O5. The molecule has 0 aromatic rings. The third kappa shape index (κ3) is 58.9. The van der Waals surface area contributed by atoms with Crippen LogP contribution in [0.25, 0.3) is 0 Å². The standard InChI is InChI=1S/C67H112O5/c1-3-5-7-9-11-13-15-17-19-21-22-23-24-25-26-27-28-29-30-31-32-33-34-35-36-37-38-39-40-41-42-43-44-46-48-50-52-54-56-58-60-62-67(70)72-65(63-68)64-71-66(69)61-59-57-55-53-51-49-47-45-20-18-16-14-12-10-8-6-4-2/h5-8,11-14,17-20,22-23,25-26,47,49,53,55,65,68H,3-4,9-10,15-16,21,24,27-46,48,50-52,54,56-64H2,1-2H3/b7-5-,8-6-,13-11-,14-12-,19-17-,20-18-,23-22-,26-25-,49-47-,55-53-. The Morgan fingerprint density at radius 1 is 0.319 bits per heavy atom. The highest BCUT2D eigenvalue weighted by Crippen LogP contribution is 2.17. The number of ether oxygens (including phenoxy) is 2. The van der Waals surface area contributed by atoms with Crippen LogP contribution in [0.3, 0.4) is 0 Å². The molecule has 0 amide bonds. The van der Waals surface area contributed by atoms with Gasteiger partial charge in [-0.2, -0.15) is 0 Å². The average molecular weight is 998 g/mol. The van der Waals surface area contributed by atoms with Crippen LogP contribution in [0.4, 0.5) is 0 Å². The molecule has 72 heavy (non-hydrogen) atoms. The minimum Gasteiger partial charge on any atom is -0.462 e. The highest BCUT2D eigenvalue weighted by Gasteiger charge is 2.16. The second kappa shape index (κ2) is 61.6. The maximum atomic E-state index is 12.3. The number of rotatable bonds is 54. The van der Waals surface area contributed by atoms with Crippen LogP contribution in [0.1, 0.15) is 271 Å². The smallest absolute Gasteiger partial charge is 0.306 e. The summed E-state index contributed by atoms with van der Waals surface area (Å²) in [4.78, 5) is 24.5. The van der Waals surface area contributed by atoms with Gasteiger partial charge in [0.05, 0.1) is 6.61 Å². The summed E-state index contributed by atoms with van der Waals surface area (Å²) in [5.41, 5.74) is 0. The molecule has 0 aromatic carbocycles. The summed E-state index contributed by atoms with van der Waals surface area (Å²) in [5.74, 6) is -0.656. The minimum absolute atomic E-state index is 0.0982. The van der Waals surface area contributed by atoms with Gasteiger partial charge in [0, 0.05) is 12.8 Å². The molecule has 0 bridgehead atoms. The van der Waals surface area contributed by atoms with E-state index in [1.807, 2.05) is 0 Å². The minimum atomic E-state index is -0.800. The largest absolute Gasteiger partial charge is 0.462 e. The normalized spacial score (nSPS) is 13.1. The van der Waals surface area contributed by atoms with Crippen molar-refractivity contribution in [3.8, 4) is 0 Å². The molecule has 0 saturated carbocycles. The van der Waals surface area contributed by atoms with Crippen LogP contribution in [0, 0.1) is 0 Å². The summed E-state index contributed by atoms with van der Waals surface area (Å²) < 4.78 is 10.6. The molecule has 5 heteroatoms. The number of hydrogen-bond acceptors (Lipinski definition) is 5. The molecule has 0 fully saturated rings. The molecule has 0 rings (SSSR count). The van der Waals surface area contributed by atoms with Gasteiger partial charge in [-0.05, 0) is 96.3 Å². The highest BCUT2D eigenvalue weighted by atomic mass is 16.6. The zero-order chi connectivity index (χ0) is 52.0. The number of esters is 2. The topological polar surface area (TPSA) is 72.8 Å². The maximum Gasteiger partial charge on any atom is 0.306 e.